The lowest BCUT2D eigenvalue weighted by Gasteiger charge is -2.25. The fourth-order valence-electron chi connectivity index (χ4n) is 2.01. The van der Waals surface area contributed by atoms with Gasteiger partial charge in [-0.15, -0.1) is 0 Å². The molecule has 0 radical (unpaired) electrons. The Labute approximate surface area is 133 Å². The zero-order chi connectivity index (χ0) is 16.9. The smallest absolute Gasteiger partial charge is 0.319 e. The molecule has 0 aliphatic rings. The highest BCUT2D eigenvalue weighted by atomic mass is 16.4. The summed E-state index contributed by atoms with van der Waals surface area (Å²) in [5.41, 5.74) is 0.815. The molecule has 7 nitrogen and oxygen atoms in total. The van der Waals surface area contributed by atoms with E-state index in [9.17, 15) is 9.59 Å². The average Bonchev–Trinajstić information content (AvgIpc) is 2.99. The number of carboxylic acids is 1. The number of carbonyl (C=O) groups excluding carboxylic acids is 1. The Morgan fingerprint density at radius 2 is 1.96 bits per heavy atom. The maximum atomic E-state index is 12.0. The molecule has 23 heavy (non-hydrogen) atoms. The van der Waals surface area contributed by atoms with Crippen LogP contribution in [0.25, 0.3) is 11.5 Å². The van der Waals surface area contributed by atoms with Gasteiger partial charge < -0.3 is 20.2 Å². The number of carboxylic acid groups (broad SMARTS) is 1. The van der Waals surface area contributed by atoms with Crippen molar-refractivity contribution < 1.29 is 19.1 Å². The van der Waals surface area contributed by atoms with E-state index in [1.165, 1.54) is 6.26 Å². The number of carbonyl (C=O) groups is 2. The number of aliphatic carboxylic acids is 1. The summed E-state index contributed by atoms with van der Waals surface area (Å²) >= 11 is 0. The molecule has 2 amide bonds. The Morgan fingerprint density at radius 3 is 2.52 bits per heavy atom. The standard InChI is InChI=1S/C16H19N3O4/c1-16(2,8-7-13(20)21)19-15(22)18-12-5-3-11(4-6-12)14-17-9-10-23-14/h3-6,9-10H,7-8H2,1-2H3,(H,20,21)(H2,18,19,22). The average molecular weight is 317 g/mol. The lowest BCUT2D eigenvalue weighted by atomic mass is 9.99. The Morgan fingerprint density at radius 1 is 1.26 bits per heavy atom. The number of hydrogen-bond acceptors (Lipinski definition) is 4. The number of benzene rings is 1. The van der Waals surface area contributed by atoms with Crippen molar-refractivity contribution in [1.82, 2.24) is 10.3 Å². The topological polar surface area (TPSA) is 104 Å². The number of anilines is 1. The summed E-state index contributed by atoms with van der Waals surface area (Å²) in [6, 6.07) is 6.67. The number of aromatic nitrogens is 1. The summed E-state index contributed by atoms with van der Waals surface area (Å²) in [6.45, 7) is 3.56. The third-order valence-corrected chi connectivity index (χ3v) is 3.24. The second-order valence-electron chi connectivity index (χ2n) is 5.77. The van der Waals surface area contributed by atoms with Crippen LogP contribution in [-0.2, 0) is 4.79 Å². The third-order valence-electron chi connectivity index (χ3n) is 3.24. The van der Waals surface area contributed by atoms with E-state index in [4.69, 9.17) is 9.52 Å². The van der Waals surface area contributed by atoms with Crippen molar-refractivity contribution in [3.63, 3.8) is 0 Å². The molecule has 1 aromatic carbocycles. The van der Waals surface area contributed by atoms with Crippen LogP contribution in [-0.4, -0.2) is 27.6 Å². The summed E-state index contributed by atoms with van der Waals surface area (Å²) in [5, 5.41) is 14.2. The van der Waals surface area contributed by atoms with Crippen molar-refractivity contribution in [2.75, 3.05) is 5.32 Å². The van der Waals surface area contributed by atoms with E-state index in [0.29, 0.717) is 18.0 Å². The monoisotopic (exact) mass is 317 g/mol. The Kier molecular flexibility index (Phi) is 5.00. The maximum Gasteiger partial charge on any atom is 0.319 e. The SMILES string of the molecule is CC(C)(CCC(=O)O)NC(=O)Nc1ccc(-c2ncco2)cc1. The van der Waals surface area contributed by atoms with Gasteiger partial charge >= 0.3 is 12.0 Å². The lowest BCUT2D eigenvalue weighted by Crippen LogP contribution is -2.45. The molecule has 3 N–H and O–H groups in total. The molecule has 2 aromatic rings. The molecule has 0 atom stereocenters. The number of hydrogen-bond donors (Lipinski definition) is 3. The van der Waals surface area contributed by atoms with Crippen molar-refractivity contribution >= 4 is 17.7 Å². The third kappa shape index (κ3) is 5.14. The summed E-state index contributed by atoms with van der Waals surface area (Å²) in [5.74, 6) is -0.377. The summed E-state index contributed by atoms with van der Waals surface area (Å²) in [6.07, 6.45) is 3.40. The van der Waals surface area contributed by atoms with Gasteiger partial charge in [-0.3, -0.25) is 4.79 Å². The molecule has 7 heteroatoms. The number of nitrogens with zero attached hydrogens (tertiary/aromatic N) is 1. The van der Waals surface area contributed by atoms with Crippen LogP contribution in [0.4, 0.5) is 10.5 Å². The van der Waals surface area contributed by atoms with Crippen molar-refractivity contribution in [2.45, 2.75) is 32.2 Å². The first-order chi connectivity index (χ1) is 10.9. The van der Waals surface area contributed by atoms with Gasteiger partial charge in [0.2, 0.25) is 5.89 Å². The van der Waals surface area contributed by atoms with E-state index < -0.39 is 11.5 Å². The number of oxazole rings is 1. The van der Waals surface area contributed by atoms with E-state index >= 15 is 0 Å². The predicted molar refractivity (Wildman–Crippen MR) is 85.0 cm³/mol. The van der Waals surface area contributed by atoms with Crippen LogP contribution in [0.15, 0.2) is 41.1 Å². The van der Waals surface area contributed by atoms with Crippen LogP contribution < -0.4 is 10.6 Å². The van der Waals surface area contributed by atoms with E-state index in [-0.39, 0.29) is 12.5 Å². The highest BCUT2D eigenvalue weighted by Crippen LogP contribution is 2.19. The minimum absolute atomic E-state index is 0.00186. The maximum absolute atomic E-state index is 12.0. The van der Waals surface area contributed by atoms with Gasteiger partial charge in [0.15, 0.2) is 0 Å². The molecule has 0 bridgehead atoms. The Balaban J connectivity index is 1.91. The highest BCUT2D eigenvalue weighted by Gasteiger charge is 2.21. The van der Waals surface area contributed by atoms with E-state index in [1.807, 2.05) is 0 Å². The van der Waals surface area contributed by atoms with Crippen molar-refractivity contribution in [1.29, 1.82) is 0 Å². The van der Waals surface area contributed by atoms with Gasteiger partial charge in [0.1, 0.15) is 6.26 Å². The Bertz CT molecular complexity index is 663. The van der Waals surface area contributed by atoms with Gasteiger partial charge in [-0.25, -0.2) is 9.78 Å². The number of urea groups is 1. The Hall–Kier alpha value is -2.83. The molecule has 0 unspecified atom stereocenters. The van der Waals surface area contributed by atoms with Gasteiger partial charge in [0, 0.05) is 23.2 Å². The second-order valence-corrected chi connectivity index (χ2v) is 5.77. The zero-order valence-electron chi connectivity index (χ0n) is 13.0. The largest absolute Gasteiger partial charge is 0.481 e. The quantitative estimate of drug-likeness (QED) is 0.759. The minimum Gasteiger partial charge on any atom is -0.481 e. The van der Waals surface area contributed by atoms with Crippen molar-refractivity contribution in [3.05, 3.63) is 36.7 Å². The number of rotatable bonds is 6. The molecule has 0 aliphatic carbocycles. The van der Waals surface area contributed by atoms with E-state index in [2.05, 4.69) is 15.6 Å². The lowest BCUT2D eigenvalue weighted by molar-refractivity contribution is -0.137. The predicted octanol–water partition coefficient (Wildman–Crippen LogP) is 3.11. The van der Waals surface area contributed by atoms with Crippen LogP contribution in [0.1, 0.15) is 26.7 Å². The fraction of sp³-hybridized carbons (Fsp3) is 0.312. The second kappa shape index (κ2) is 6.95. The molecule has 0 fully saturated rings. The normalized spacial score (nSPS) is 11.0. The van der Waals surface area contributed by atoms with Crippen LogP contribution in [0.5, 0.6) is 0 Å². The molecule has 2 rings (SSSR count). The first-order valence-electron chi connectivity index (χ1n) is 7.17. The molecule has 0 saturated carbocycles. The van der Waals surface area contributed by atoms with E-state index in [0.717, 1.165) is 5.56 Å². The highest BCUT2D eigenvalue weighted by molar-refractivity contribution is 5.90. The molecular weight excluding hydrogens is 298 g/mol. The van der Waals surface area contributed by atoms with Gasteiger partial charge in [0.25, 0.3) is 0 Å². The molecule has 1 aromatic heterocycles. The molecule has 0 aliphatic heterocycles. The van der Waals surface area contributed by atoms with Gasteiger partial charge in [-0.1, -0.05) is 0 Å². The minimum atomic E-state index is -0.887. The molecule has 0 spiro atoms. The molecular formula is C16H19N3O4. The van der Waals surface area contributed by atoms with Gasteiger partial charge in [-0.05, 0) is 44.5 Å². The van der Waals surface area contributed by atoms with Crippen molar-refractivity contribution in [3.8, 4) is 11.5 Å². The molecule has 1 heterocycles. The van der Waals surface area contributed by atoms with Crippen LogP contribution in [0, 0.1) is 0 Å². The summed E-state index contributed by atoms with van der Waals surface area (Å²) in [7, 11) is 0. The summed E-state index contributed by atoms with van der Waals surface area (Å²) < 4.78 is 5.19. The summed E-state index contributed by atoms with van der Waals surface area (Å²) in [4.78, 5) is 26.6. The molecule has 0 saturated heterocycles. The molecule has 122 valence electrons. The first-order valence-corrected chi connectivity index (χ1v) is 7.17. The van der Waals surface area contributed by atoms with E-state index in [1.54, 1.807) is 44.3 Å². The fourth-order valence-corrected chi connectivity index (χ4v) is 2.01. The zero-order valence-corrected chi connectivity index (χ0v) is 13.0. The van der Waals surface area contributed by atoms with Gasteiger partial charge in [0.05, 0.1) is 6.20 Å². The van der Waals surface area contributed by atoms with Crippen molar-refractivity contribution in [2.24, 2.45) is 0 Å². The van der Waals surface area contributed by atoms with Crippen LogP contribution in [0.2, 0.25) is 0 Å². The van der Waals surface area contributed by atoms with Crippen LogP contribution in [0.3, 0.4) is 0 Å². The van der Waals surface area contributed by atoms with Gasteiger partial charge in [-0.2, -0.15) is 0 Å². The van der Waals surface area contributed by atoms with Crippen LogP contribution >= 0.6 is 0 Å². The number of nitrogens with one attached hydrogen (secondary N) is 2. The first kappa shape index (κ1) is 16.5. The number of amides is 2.